The molecule has 0 saturated heterocycles. The molecule has 1 N–H and O–H groups in total. The van der Waals surface area contributed by atoms with Gasteiger partial charge in [0.15, 0.2) is 0 Å². The van der Waals surface area contributed by atoms with E-state index in [0.717, 1.165) is 17.9 Å². The number of halogens is 1. The molecule has 0 bridgehead atoms. The number of hydrogen-bond donors (Lipinski definition) is 1. The fraction of sp³-hybridized carbons (Fsp3) is 1.00. The maximum atomic E-state index is 11.3. The lowest BCUT2D eigenvalue weighted by atomic mass is 10.3. The van der Waals surface area contributed by atoms with E-state index in [-0.39, 0.29) is 17.7 Å². The van der Waals surface area contributed by atoms with Gasteiger partial charge in [0.1, 0.15) is 0 Å². The van der Waals surface area contributed by atoms with Crippen LogP contribution in [-0.4, -0.2) is 37.6 Å². The highest BCUT2D eigenvalue weighted by Crippen LogP contribution is 2.04. The molecule has 0 heterocycles. The van der Waals surface area contributed by atoms with Gasteiger partial charge in [-0.3, -0.25) is 0 Å². The molecule has 0 aliphatic rings. The van der Waals surface area contributed by atoms with E-state index in [2.05, 4.69) is 11.6 Å². The van der Waals surface area contributed by atoms with Gasteiger partial charge in [-0.15, -0.1) is 11.6 Å². The molecule has 0 aliphatic carbocycles. The molecular formula is C8H18ClNO2S2. The van der Waals surface area contributed by atoms with E-state index >= 15 is 0 Å². The van der Waals surface area contributed by atoms with Crippen molar-refractivity contribution in [3.63, 3.8) is 0 Å². The van der Waals surface area contributed by atoms with Crippen molar-refractivity contribution in [2.75, 3.05) is 23.1 Å². The molecule has 1 unspecified atom stereocenters. The Labute approximate surface area is 96.0 Å². The van der Waals surface area contributed by atoms with E-state index in [1.807, 2.05) is 18.7 Å². The third-order valence-electron chi connectivity index (χ3n) is 1.63. The maximum absolute atomic E-state index is 11.3. The molecule has 0 amide bonds. The molecule has 14 heavy (non-hydrogen) atoms. The Bertz CT molecular complexity index is 231. The lowest BCUT2D eigenvalue weighted by Gasteiger charge is -2.12. The molecule has 3 nitrogen and oxygen atoms in total. The average molecular weight is 260 g/mol. The monoisotopic (exact) mass is 259 g/mol. The second-order valence-corrected chi connectivity index (χ2v) is 6.66. The summed E-state index contributed by atoms with van der Waals surface area (Å²) in [5, 5.41) is 0. The number of hydrogen-bond acceptors (Lipinski definition) is 3. The third-order valence-corrected chi connectivity index (χ3v) is 4.47. The van der Waals surface area contributed by atoms with Gasteiger partial charge < -0.3 is 0 Å². The second-order valence-electron chi connectivity index (χ2n) is 3.01. The summed E-state index contributed by atoms with van der Waals surface area (Å²) in [4.78, 5) is 0. The summed E-state index contributed by atoms with van der Waals surface area (Å²) in [7, 11) is -3.16. The summed E-state index contributed by atoms with van der Waals surface area (Å²) in [5.41, 5.74) is 0. The zero-order valence-electron chi connectivity index (χ0n) is 8.62. The molecule has 0 aliphatic heterocycles. The first-order valence-corrected chi connectivity index (χ1v) is 7.99. The molecule has 0 aromatic rings. The van der Waals surface area contributed by atoms with Crippen LogP contribution in [0, 0.1) is 0 Å². The average Bonchev–Trinajstić information content (AvgIpc) is 2.03. The second kappa shape index (κ2) is 7.79. The van der Waals surface area contributed by atoms with Crippen LogP contribution in [0.25, 0.3) is 0 Å². The third kappa shape index (κ3) is 7.91. The van der Waals surface area contributed by atoms with Gasteiger partial charge in [-0.1, -0.05) is 6.92 Å². The molecule has 0 aromatic carbocycles. The lowest BCUT2D eigenvalue weighted by molar-refractivity contribution is 0.558. The summed E-state index contributed by atoms with van der Waals surface area (Å²) in [6, 6.07) is 0.00210. The molecule has 0 saturated carbocycles. The van der Waals surface area contributed by atoms with Gasteiger partial charge in [0.05, 0.1) is 5.75 Å². The van der Waals surface area contributed by atoms with Gasteiger partial charge in [0, 0.05) is 11.9 Å². The van der Waals surface area contributed by atoms with Crippen molar-refractivity contribution in [3.05, 3.63) is 0 Å². The van der Waals surface area contributed by atoms with E-state index in [0.29, 0.717) is 0 Å². The summed E-state index contributed by atoms with van der Waals surface area (Å²) in [6.07, 6.45) is 0.861. The number of nitrogens with one attached hydrogen (secondary N) is 1. The molecule has 1 atom stereocenters. The largest absolute Gasteiger partial charge is 0.213 e. The zero-order valence-corrected chi connectivity index (χ0v) is 11.0. The van der Waals surface area contributed by atoms with Crippen LogP contribution in [-0.2, 0) is 10.0 Å². The number of alkyl halides is 1. The first-order chi connectivity index (χ1) is 6.52. The van der Waals surface area contributed by atoms with Crippen molar-refractivity contribution in [2.45, 2.75) is 26.3 Å². The summed E-state index contributed by atoms with van der Waals surface area (Å²) in [5.74, 6) is 2.20. The molecule has 86 valence electrons. The summed E-state index contributed by atoms with van der Waals surface area (Å²) >= 11 is 7.19. The van der Waals surface area contributed by atoms with E-state index in [4.69, 9.17) is 11.6 Å². The van der Waals surface area contributed by atoms with E-state index < -0.39 is 10.0 Å². The van der Waals surface area contributed by atoms with Crippen molar-refractivity contribution in [3.8, 4) is 0 Å². The van der Waals surface area contributed by atoms with Gasteiger partial charge in [0.25, 0.3) is 0 Å². The van der Waals surface area contributed by atoms with Crippen LogP contribution in [0.1, 0.15) is 20.3 Å². The van der Waals surface area contributed by atoms with Crippen LogP contribution in [0.4, 0.5) is 0 Å². The Kier molecular flexibility index (Phi) is 8.10. The van der Waals surface area contributed by atoms with Crippen LogP contribution in [0.3, 0.4) is 0 Å². The fourth-order valence-electron chi connectivity index (χ4n) is 0.930. The van der Waals surface area contributed by atoms with Crippen LogP contribution >= 0.6 is 23.4 Å². The predicted octanol–water partition coefficient (Wildman–Crippen LogP) is 1.68. The Morgan fingerprint density at radius 1 is 1.50 bits per heavy atom. The van der Waals surface area contributed by atoms with Crippen molar-refractivity contribution in [1.29, 1.82) is 0 Å². The lowest BCUT2D eigenvalue weighted by Crippen LogP contribution is -2.35. The van der Waals surface area contributed by atoms with Crippen molar-refractivity contribution in [1.82, 2.24) is 4.72 Å². The van der Waals surface area contributed by atoms with Crippen LogP contribution in [0.2, 0.25) is 0 Å². The zero-order chi connectivity index (χ0) is 11.0. The van der Waals surface area contributed by atoms with E-state index in [1.54, 1.807) is 0 Å². The first-order valence-electron chi connectivity index (χ1n) is 4.65. The Balaban J connectivity index is 3.75. The fourth-order valence-corrected chi connectivity index (χ4v) is 3.40. The highest BCUT2D eigenvalue weighted by atomic mass is 35.5. The normalized spacial score (nSPS) is 14.2. The highest BCUT2D eigenvalue weighted by Gasteiger charge is 2.12. The SMILES string of the molecule is CCSCCC(C)NS(=O)(=O)CCCl. The van der Waals surface area contributed by atoms with Gasteiger partial charge in [-0.25, -0.2) is 13.1 Å². The van der Waals surface area contributed by atoms with Crippen molar-refractivity contribution >= 4 is 33.4 Å². The Morgan fingerprint density at radius 3 is 2.64 bits per heavy atom. The number of thioether (sulfide) groups is 1. The van der Waals surface area contributed by atoms with Crippen molar-refractivity contribution < 1.29 is 8.42 Å². The number of sulfonamides is 1. The molecule has 0 fully saturated rings. The molecular weight excluding hydrogens is 242 g/mol. The van der Waals surface area contributed by atoms with Gasteiger partial charge in [-0.2, -0.15) is 11.8 Å². The first kappa shape index (κ1) is 14.6. The highest BCUT2D eigenvalue weighted by molar-refractivity contribution is 7.99. The maximum Gasteiger partial charge on any atom is 0.213 e. The molecule has 6 heteroatoms. The Hall–Kier alpha value is 0.550. The Morgan fingerprint density at radius 2 is 2.14 bits per heavy atom. The van der Waals surface area contributed by atoms with Crippen LogP contribution in [0.5, 0.6) is 0 Å². The van der Waals surface area contributed by atoms with E-state index in [1.165, 1.54) is 0 Å². The minimum atomic E-state index is -3.16. The topological polar surface area (TPSA) is 46.2 Å². The minimum Gasteiger partial charge on any atom is -0.212 e. The van der Waals surface area contributed by atoms with Crippen LogP contribution in [0.15, 0.2) is 0 Å². The quantitative estimate of drug-likeness (QED) is 0.533. The molecule has 0 spiro atoms. The van der Waals surface area contributed by atoms with E-state index in [9.17, 15) is 8.42 Å². The predicted molar refractivity (Wildman–Crippen MR) is 64.7 cm³/mol. The molecule has 0 rings (SSSR count). The van der Waals surface area contributed by atoms with Gasteiger partial charge in [0.2, 0.25) is 10.0 Å². The van der Waals surface area contributed by atoms with Crippen molar-refractivity contribution in [2.24, 2.45) is 0 Å². The van der Waals surface area contributed by atoms with Gasteiger partial charge >= 0.3 is 0 Å². The standard InChI is InChI=1S/C8H18ClNO2S2/c1-3-13-6-4-8(2)10-14(11,12)7-5-9/h8,10H,3-7H2,1-2H3. The summed E-state index contributed by atoms with van der Waals surface area (Å²) in [6.45, 7) is 3.97. The summed E-state index contributed by atoms with van der Waals surface area (Å²) < 4.78 is 25.1. The van der Waals surface area contributed by atoms with Crippen LogP contribution < -0.4 is 4.72 Å². The molecule has 0 aromatic heterocycles. The molecule has 0 radical (unpaired) electrons. The van der Waals surface area contributed by atoms with Gasteiger partial charge in [-0.05, 0) is 24.9 Å². The minimum absolute atomic E-state index is 0.000182. The smallest absolute Gasteiger partial charge is 0.212 e. The number of rotatable bonds is 8.